The number of ether oxygens (including phenoxy) is 1. The van der Waals surface area contributed by atoms with Crippen molar-refractivity contribution in [1.82, 2.24) is 0 Å². The second-order valence-corrected chi connectivity index (χ2v) is 4.87. The SMILES string of the molecule is CC(C)CCOCCCCC(=O)C(C)C. The smallest absolute Gasteiger partial charge is 0.135 e. The van der Waals surface area contributed by atoms with Crippen molar-refractivity contribution in [2.24, 2.45) is 11.8 Å². The van der Waals surface area contributed by atoms with E-state index < -0.39 is 0 Å². The Balaban J connectivity index is 3.15. The van der Waals surface area contributed by atoms with E-state index in [4.69, 9.17) is 4.74 Å². The van der Waals surface area contributed by atoms with Gasteiger partial charge in [-0.2, -0.15) is 0 Å². The summed E-state index contributed by atoms with van der Waals surface area (Å²) in [5.74, 6) is 1.27. The zero-order valence-corrected chi connectivity index (χ0v) is 10.7. The largest absolute Gasteiger partial charge is 0.381 e. The second-order valence-electron chi connectivity index (χ2n) is 4.87. The number of carbonyl (C=O) groups excluding carboxylic acids is 1. The maximum absolute atomic E-state index is 11.3. The Labute approximate surface area is 94.4 Å². The lowest BCUT2D eigenvalue weighted by atomic mass is 10.0. The summed E-state index contributed by atoms with van der Waals surface area (Å²) in [6, 6.07) is 0. The van der Waals surface area contributed by atoms with E-state index in [9.17, 15) is 4.79 Å². The van der Waals surface area contributed by atoms with E-state index in [0.717, 1.165) is 32.5 Å². The Morgan fingerprint density at radius 1 is 1.07 bits per heavy atom. The van der Waals surface area contributed by atoms with E-state index in [1.165, 1.54) is 0 Å². The van der Waals surface area contributed by atoms with Gasteiger partial charge < -0.3 is 4.74 Å². The average molecular weight is 214 g/mol. The number of rotatable bonds is 9. The highest BCUT2D eigenvalue weighted by Gasteiger charge is 2.05. The first-order valence-electron chi connectivity index (χ1n) is 6.14. The van der Waals surface area contributed by atoms with Gasteiger partial charge in [0.2, 0.25) is 0 Å². The second kappa shape index (κ2) is 8.90. The van der Waals surface area contributed by atoms with Gasteiger partial charge in [0.25, 0.3) is 0 Å². The number of ketones is 1. The molecule has 0 radical (unpaired) electrons. The molecule has 0 bridgehead atoms. The van der Waals surface area contributed by atoms with Crippen LogP contribution in [0.4, 0.5) is 0 Å². The molecule has 0 aliphatic carbocycles. The zero-order valence-electron chi connectivity index (χ0n) is 10.7. The first-order chi connectivity index (χ1) is 7.04. The monoisotopic (exact) mass is 214 g/mol. The van der Waals surface area contributed by atoms with Crippen molar-refractivity contribution in [2.75, 3.05) is 13.2 Å². The van der Waals surface area contributed by atoms with Gasteiger partial charge in [0, 0.05) is 25.6 Å². The molecule has 0 aliphatic heterocycles. The predicted octanol–water partition coefficient (Wildman–Crippen LogP) is 3.44. The number of hydrogen-bond acceptors (Lipinski definition) is 2. The minimum absolute atomic E-state index is 0.187. The highest BCUT2D eigenvalue weighted by Crippen LogP contribution is 2.05. The van der Waals surface area contributed by atoms with Gasteiger partial charge in [-0.15, -0.1) is 0 Å². The summed E-state index contributed by atoms with van der Waals surface area (Å²) in [4.78, 5) is 11.3. The van der Waals surface area contributed by atoms with E-state index in [2.05, 4.69) is 13.8 Å². The van der Waals surface area contributed by atoms with Crippen molar-refractivity contribution < 1.29 is 9.53 Å². The van der Waals surface area contributed by atoms with Crippen LogP contribution in [-0.2, 0) is 9.53 Å². The zero-order chi connectivity index (χ0) is 11.7. The predicted molar refractivity (Wildman–Crippen MR) is 64.0 cm³/mol. The molecule has 0 aromatic rings. The lowest BCUT2D eigenvalue weighted by molar-refractivity contribution is -0.122. The third-order valence-electron chi connectivity index (χ3n) is 2.45. The quantitative estimate of drug-likeness (QED) is 0.550. The summed E-state index contributed by atoms with van der Waals surface area (Å²) in [5.41, 5.74) is 0. The minimum Gasteiger partial charge on any atom is -0.381 e. The average Bonchev–Trinajstić information content (AvgIpc) is 2.15. The number of carbonyl (C=O) groups is 1. The van der Waals surface area contributed by atoms with E-state index in [1.54, 1.807) is 0 Å². The van der Waals surface area contributed by atoms with Gasteiger partial charge >= 0.3 is 0 Å². The van der Waals surface area contributed by atoms with Crippen LogP contribution in [0.15, 0.2) is 0 Å². The Kier molecular flexibility index (Phi) is 8.68. The van der Waals surface area contributed by atoms with Crippen LogP contribution in [0.25, 0.3) is 0 Å². The molecule has 0 aromatic carbocycles. The summed E-state index contributed by atoms with van der Waals surface area (Å²) in [6.45, 7) is 9.98. The molecule has 15 heavy (non-hydrogen) atoms. The van der Waals surface area contributed by atoms with Gasteiger partial charge in [0.15, 0.2) is 0 Å². The molecule has 0 atom stereocenters. The molecule has 0 aromatic heterocycles. The van der Waals surface area contributed by atoms with Crippen LogP contribution in [0, 0.1) is 11.8 Å². The summed E-state index contributed by atoms with van der Waals surface area (Å²) in [7, 11) is 0. The summed E-state index contributed by atoms with van der Waals surface area (Å²) < 4.78 is 5.48. The molecule has 0 N–H and O–H groups in total. The van der Waals surface area contributed by atoms with Gasteiger partial charge in [-0.3, -0.25) is 4.79 Å². The molecule has 0 spiro atoms. The number of unbranched alkanes of at least 4 members (excludes halogenated alkanes) is 1. The van der Waals surface area contributed by atoms with E-state index in [0.29, 0.717) is 18.1 Å². The summed E-state index contributed by atoms with van der Waals surface area (Å²) in [5, 5.41) is 0. The third kappa shape index (κ3) is 9.92. The molecule has 2 heteroatoms. The van der Waals surface area contributed by atoms with Crippen LogP contribution < -0.4 is 0 Å². The fourth-order valence-corrected chi connectivity index (χ4v) is 1.21. The Morgan fingerprint density at radius 3 is 2.27 bits per heavy atom. The molecular weight excluding hydrogens is 188 g/mol. The summed E-state index contributed by atoms with van der Waals surface area (Å²) in [6.07, 6.45) is 3.82. The maximum Gasteiger partial charge on any atom is 0.135 e. The standard InChI is InChI=1S/C13H26O2/c1-11(2)8-10-15-9-6-5-7-13(14)12(3)4/h11-12H,5-10H2,1-4H3. The number of Topliss-reactive ketones (excluding diaryl/α,β-unsaturated/α-hetero) is 1. The minimum atomic E-state index is 0.187. The van der Waals surface area contributed by atoms with Crippen LogP contribution >= 0.6 is 0 Å². The molecule has 0 saturated heterocycles. The molecule has 0 heterocycles. The van der Waals surface area contributed by atoms with Gasteiger partial charge in [0.1, 0.15) is 5.78 Å². The van der Waals surface area contributed by atoms with Crippen LogP contribution in [0.2, 0.25) is 0 Å². The van der Waals surface area contributed by atoms with E-state index in [-0.39, 0.29) is 5.92 Å². The molecule has 2 nitrogen and oxygen atoms in total. The molecule has 0 unspecified atom stereocenters. The van der Waals surface area contributed by atoms with Crippen molar-refractivity contribution in [1.29, 1.82) is 0 Å². The van der Waals surface area contributed by atoms with Gasteiger partial charge in [-0.1, -0.05) is 27.7 Å². The third-order valence-corrected chi connectivity index (χ3v) is 2.45. The van der Waals surface area contributed by atoms with Crippen molar-refractivity contribution in [3.8, 4) is 0 Å². The molecule has 0 aliphatic rings. The molecule has 90 valence electrons. The molecular formula is C13H26O2. The van der Waals surface area contributed by atoms with Crippen molar-refractivity contribution in [3.05, 3.63) is 0 Å². The fraction of sp³-hybridized carbons (Fsp3) is 0.923. The van der Waals surface area contributed by atoms with Crippen LogP contribution in [0.1, 0.15) is 53.4 Å². The van der Waals surface area contributed by atoms with Crippen molar-refractivity contribution >= 4 is 5.78 Å². The van der Waals surface area contributed by atoms with Gasteiger partial charge in [0.05, 0.1) is 0 Å². The Bertz CT molecular complexity index is 162. The topological polar surface area (TPSA) is 26.3 Å². The highest BCUT2D eigenvalue weighted by atomic mass is 16.5. The van der Waals surface area contributed by atoms with Gasteiger partial charge in [-0.05, 0) is 25.2 Å². The van der Waals surface area contributed by atoms with Gasteiger partial charge in [-0.25, -0.2) is 0 Å². The lowest BCUT2D eigenvalue weighted by Gasteiger charge is -2.06. The van der Waals surface area contributed by atoms with Crippen LogP contribution in [0.3, 0.4) is 0 Å². The summed E-state index contributed by atoms with van der Waals surface area (Å²) >= 11 is 0. The van der Waals surface area contributed by atoms with Crippen molar-refractivity contribution in [3.63, 3.8) is 0 Å². The highest BCUT2D eigenvalue weighted by molar-refractivity contribution is 5.80. The number of hydrogen-bond donors (Lipinski definition) is 0. The fourth-order valence-electron chi connectivity index (χ4n) is 1.21. The maximum atomic E-state index is 11.3. The Morgan fingerprint density at radius 2 is 1.73 bits per heavy atom. The normalized spacial score (nSPS) is 11.3. The Hall–Kier alpha value is -0.370. The first-order valence-corrected chi connectivity index (χ1v) is 6.14. The molecule has 0 saturated carbocycles. The van der Waals surface area contributed by atoms with E-state index in [1.807, 2.05) is 13.8 Å². The van der Waals surface area contributed by atoms with Crippen molar-refractivity contribution in [2.45, 2.75) is 53.4 Å². The molecule has 0 rings (SSSR count). The van der Waals surface area contributed by atoms with Crippen LogP contribution in [-0.4, -0.2) is 19.0 Å². The lowest BCUT2D eigenvalue weighted by Crippen LogP contribution is -2.07. The molecule has 0 fully saturated rings. The molecule has 0 amide bonds. The first kappa shape index (κ1) is 14.6. The van der Waals surface area contributed by atoms with E-state index >= 15 is 0 Å². The van der Waals surface area contributed by atoms with Crippen LogP contribution in [0.5, 0.6) is 0 Å².